The van der Waals surface area contributed by atoms with Crippen molar-refractivity contribution in [2.24, 2.45) is 0 Å². The van der Waals surface area contributed by atoms with Crippen LogP contribution < -0.4 is 0 Å². The van der Waals surface area contributed by atoms with Gasteiger partial charge in [-0.25, -0.2) is 0 Å². The van der Waals surface area contributed by atoms with Gasteiger partial charge in [0.2, 0.25) is 5.91 Å². The molecule has 0 aromatic heterocycles. The Morgan fingerprint density at radius 2 is 1.67 bits per heavy atom. The van der Waals surface area contributed by atoms with Gasteiger partial charge >= 0.3 is 0 Å². The van der Waals surface area contributed by atoms with Gasteiger partial charge in [0.15, 0.2) is 0 Å². The van der Waals surface area contributed by atoms with Crippen LogP contribution in [0.4, 0.5) is 0 Å². The van der Waals surface area contributed by atoms with Crippen molar-refractivity contribution >= 4 is 5.91 Å². The van der Waals surface area contributed by atoms with Gasteiger partial charge < -0.3 is 9.80 Å². The van der Waals surface area contributed by atoms with E-state index in [2.05, 4.69) is 13.8 Å². The van der Waals surface area contributed by atoms with E-state index in [4.69, 9.17) is 0 Å². The fourth-order valence-corrected chi connectivity index (χ4v) is 1.34. The minimum absolute atomic E-state index is 0.139. The van der Waals surface area contributed by atoms with Crippen LogP contribution in [0.1, 0.15) is 26.7 Å². The number of amides is 1. The van der Waals surface area contributed by atoms with Crippen molar-refractivity contribution in [3.8, 4) is 0 Å². The number of carbonyl (C=O) groups excluding carboxylic acids is 1. The summed E-state index contributed by atoms with van der Waals surface area (Å²) >= 11 is 0. The van der Waals surface area contributed by atoms with Crippen molar-refractivity contribution in [1.29, 1.82) is 0 Å². The van der Waals surface area contributed by atoms with Gasteiger partial charge in [0.25, 0.3) is 0 Å². The maximum absolute atomic E-state index is 11.7. The summed E-state index contributed by atoms with van der Waals surface area (Å²) < 4.78 is 0. The number of likely N-dealkylation sites (N-methyl/N-ethyl adjacent to an activating group) is 1. The van der Waals surface area contributed by atoms with Crippen molar-refractivity contribution in [1.82, 2.24) is 9.80 Å². The second-order valence-electron chi connectivity index (χ2n) is 3.99. The van der Waals surface area contributed by atoms with Gasteiger partial charge in [0, 0.05) is 25.7 Å². The molecule has 0 aromatic rings. The molecule has 0 saturated carbocycles. The molecule has 0 fully saturated rings. The Labute approximate surface area is 93.7 Å². The Bertz CT molecular complexity index is 194. The lowest BCUT2D eigenvalue weighted by molar-refractivity contribution is -0.126. The quantitative estimate of drug-likeness (QED) is 0.600. The maximum atomic E-state index is 11.7. The van der Waals surface area contributed by atoms with Crippen molar-refractivity contribution in [3.63, 3.8) is 0 Å². The van der Waals surface area contributed by atoms with E-state index in [-0.39, 0.29) is 5.91 Å². The van der Waals surface area contributed by atoms with E-state index >= 15 is 0 Å². The Kier molecular flexibility index (Phi) is 8.01. The molecule has 0 radical (unpaired) electrons. The molecule has 1 amide bonds. The van der Waals surface area contributed by atoms with E-state index in [9.17, 15) is 4.79 Å². The molecule has 0 bridgehead atoms. The summed E-state index contributed by atoms with van der Waals surface area (Å²) in [5.41, 5.74) is 0. The number of nitrogens with zero attached hydrogens (tertiary/aromatic N) is 2. The van der Waals surface area contributed by atoms with Crippen LogP contribution in [0.3, 0.4) is 0 Å². The summed E-state index contributed by atoms with van der Waals surface area (Å²) in [4.78, 5) is 15.7. The second kappa shape index (κ2) is 8.48. The third kappa shape index (κ3) is 7.14. The third-order valence-corrected chi connectivity index (χ3v) is 2.03. The van der Waals surface area contributed by atoms with E-state index in [1.807, 2.05) is 30.0 Å². The van der Waals surface area contributed by atoms with Gasteiger partial charge in [-0.05, 0) is 26.9 Å². The zero-order valence-electron chi connectivity index (χ0n) is 10.5. The Morgan fingerprint density at radius 1 is 1.13 bits per heavy atom. The lowest BCUT2D eigenvalue weighted by atomic mass is 10.3. The first-order chi connectivity index (χ1) is 7.11. The number of hydrogen-bond donors (Lipinski definition) is 0. The molecule has 0 rings (SSSR count). The van der Waals surface area contributed by atoms with Gasteiger partial charge in [-0.3, -0.25) is 4.79 Å². The standard InChI is InChI=1S/C12H24N2O/c1-5-9-14(10-6-2)12(15)8-7-11-13(3)4/h7-8H,5-6,9-11H2,1-4H3/b8-7+. The summed E-state index contributed by atoms with van der Waals surface area (Å²) in [5, 5.41) is 0. The molecule has 0 N–H and O–H groups in total. The van der Waals surface area contributed by atoms with Crippen LogP contribution in [0.2, 0.25) is 0 Å². The largest absolute Gasteiger partial charge is 0.339 e. The molecular formula is C12H24N2O. The molecule has 0 aliphatic heterocycles. The molecule has 3 nitrogen and oxygen atoms in total. The molecule has 0 atom stereocenters. The van der Waals surface area contributed by atoms with E-state index < -0.39 is 0 Å². The van der Waals surface area contributed by atoms with E-state index in [1.54, 1.807) is 6.08 Å². The molecule has 0 aliphatic carbocycles. The number of carbonyl (C=O) groups is 1. The molecule has 88 valence electrons. The molecule has 0 heterocycles. The van der Waals surface area contributed by atoms with Crippen molar-refractivity contribution in [2.45, 2.75) is 26.7 Å². The summed E-state index contributed by atoms with van der Waals surface area (Å²) in [6.45, 7) is 6.73. The topological polar surface area (TPSA) is 23.6 Å². The van der Waals surface area contributed by atoms with Crippen LogP contribution in [0.15, 0.2) is 12.2 Å². The van der Waals surface area contributed by atoms with E-state index in [0.29, 0.717) is 0 Å². The monoisotopic (exact) mass is 212 g/mol. The SMILES string of the molecule is CCCN(CCC)C(=O)/C=C/CN(C)C. The third-order valence-electron chi connectivity index (χ3n) is 2.03. The van der Waals surface area contributed by atoms with Gasteiger partial charge in [0.05, 0.1) is 0 Å². The lowest BCUT2D eigenvalue weighted by Crippen LogP contribution is -2.31. The molecule has 0 saturated heterocycles. The van der Waals surface area contributed by atoms with Crippen LogP contribution >= 0.6 is 0 Å². The fraction of sp³-hybridized carbons (Fsp3) is 0.750. The summed E-state index contributed by atoms with van der Waals surface area (Å²) in [6, 6.07) is 0. The molecule has 0 spiro atoms. The maximum Gasteiger partial charge on any atom is 0.246 e. The summed E-state index contributed by atoms with van der Waals surface area (Å²) in [6.07, 6.45) is 5.65. The molecule has 0 aliphatic rings. The highest BCUT2D eigenvalue weighted by atomic mass is 16.2. The molecule has 0 unspecified atom stereocenters. The predicted octanol–water partition coefficient (Wildman–Crippen LogP) is 1.75. The average Bonchev–Trinajstić information content (AvgIpc) is 2.16. The Morgan fingerprint density at radius 3 is 2.07 bits per heavy atom. The average molecular weight is 212 g/mol. The first-order valence-electron chi connectivity index (χ1n) is 5.72. The normalized spacial score (nSPS) is 11.3. The number of hydrogen-bond acceptors (Lipinski definition) is 2. The molecule has 15 heavy (non-hydrogen) atoms. The highest BCUT2D eigenvalue weighted by Crippen LogP contribution is 1.96. The van der Waals surface area contributed by atoms with Crippen LogP contribution in [0.5, 0.6) is 0 Å². The van der Waals surface area contributed by atoms with Crippen LogP contribution in [0, 0.1) is 0 Å². The minimum atomic E-state index is 0.139. The fourth-order valence-electron chi connectivity index (χ4n) is 1.34. The number of rotatable bonds is 7. The molecular weight excluding hydrogens is 188 g/mol. The van der Waals surface area contributed by atoms with Gasteiger partial charge in [-0.2, -0.15) is 0 Å². The van der Waals surface area contributed by atoms with Crippen molar-refractivity contribution < 1.29 is 4.79 Å². The van der Waals surface area contributed by atoms with Crippen molar-refractivity contribution in [3.05, 3.63) is 12.2 Å². The Hall–Kier alpha value is -0.830. The van der Waals surface area contributed by atoms with E-state index in [0.717, 1.165) is 32.5 Å². The van der Waals surface area contributed by atoms with Crippen LogP contribution in [-0.2, 0) is 4.79 Å². The Balaban J connectivity index is 4.06. The van der Waals surface area contributed by atoms with Gasteiger partial charge in [-0.15, -0.1) is 0 Å². The van der Waals surface area contributed by atoms with Gasteiger partial charge in [0.1, 0.15) is 0 Å². The molecule has 3 heteroatoms. The highest BCUT2D eigenvalue weighted by Gasteiger charge is 2.07. The lowest BCUT2D eigenvalue weighted by Gasteiger charge is -2.19. The first-order valence-corrected chi connectivity index (χ1v) is 5.72. The predicted molar refractivity (Wildman–Crippen MR) is 64.9 cm³/mol. The molecule has 0 aromatic carbocycles. The first kappa shape index (κ1) is 14.2. The van der Waals surface area contributed by atoms with Crippen LogP contribution in [-0.4, -0.2) is 49.4 Å². The van der Waals surface area contributed by atoms with E-state index in [1.165, 1.54) is 0 Å². The zero-order valence-corrected chi connectivity index (χ0v) is 10.5. The second-order valence-corrected chi connectivity index (χ2v) is 3.99. The minimum Gasteiger partial charge on any atom is -0.339 e. The smallest absolute Gasteiger partial charge is 0.246 e. The zero-order chi connectivity index (χ0) is 11.7. The summed E-state index contributed by atoms with van der Waals surface area (Å²) in [5.74, 6) is 0.139. The summed E-state index contributed by atoms with van der Waals surface area (Å²) in [7, 11) is 3.98. The van der Waals surface area contributed by atoms with Gasteiger partial charge in [-0.1, -0.05) is 19.9 Å². The van der Waals surface area contributed by atoms with Crippen molar-refractivity contribution in [2.75, 3.05) is 33.7 Å². The highest BCUT2D eigenvalue weighted by molar-refractivity contribution is 5.87. The van der Waals surface area contributed by atoms with Crippen LogP contribution in [0.25, 0.3) is 0 Å².